The zero-order chi connectivity index (χ0) is 9.38. The second-order valence-electron chi connectivity index (χ2n) is 4.90. The Labute approximate surface area is 86.5 Å². The summed E-state index contributed by atoms with van der Waals surface area (Å²) in [5, 5.41) is 0. The minimum absolute atomic E-state index is 0.832. The summed E-state index contributed by atoms with van der Waals surface area (Å²) in [5.74, 6) is 1.68. The van der Waals surface area contributed by atoms with Gasteiger partial charge in [-0.05, 0) is 50.6 Å². The van der Waals surface area contributed by atoms with Gasteiger partial charge in [-0.2, -0.15) is 0 Å². The molecular formula is C13H19N. The third kappa shape index (κ3) is 1.35. The molecular weight excluding hydrogens is 170 g/mol. The van der Waals surface area contributed by atoms with Gasteiger partial charge in [-0.3, -0.25) is 4.90 Å². The number of fused-ring (bicyclic) bond motifs is 1. The molecule has 76 valence electrons. The number of rotatable bonds is 1. The van der Waals surface area contributed by atoms with Crippen LogP contribution in [0.4, 0.5) is 0 Å². The lowest BCUT2D eigenvalue weighted by molar-refractivity contribution is 0.210. The van der Waals surface area contributed by atoms with Crippen LogP contribution in [0.1, 0.15) is 25.7 Å². The fourth-order valence-corrected chi connectivity index (χ4v) is 3.43. The third-order valence-electron chi connectivity index (χ3n) is 4.15. The fraction of sp³-hybridized carbons (Fsp3) is 0.692. The molecule has 1 aliphatic heterocycles. The summed E-state index contributed by atoms with van der Waals surface area (Å²) >= 11 is 0. The lowest BCUT2D eigenvalue weighted by atomic mass is 9.89. The first-order valence-electron chi connectivity index (χ1n) is 6.04. The van der Waals surface area contributed by atoms with Gasteiger partial charge < -0.3 is 0 Å². The maximum Gasteiger partial charge on any atom is 0.0164 e. The van der Waals surface area contributed by atoms with Crippen LogP contribution in [0.15, 0.2) is 24.3 Å². The van der Waals surface area contributed by atoms with E-state index >= 15 is 0 Å². The third-order valence-corrected chi connectivity index (χ3v) is 4.15. The van der Waals surface area contributed by atoms with Gasteiger partial charge in [-0.15, -0.1) is 0 Å². The molecule has 0 radical (unpaired) electrons. The summed E-state index contributed by atoms with van der Waals surface area (Å²) in [4.78, 5) is 2.73. The number of hydrogen-bond acceptors (Lipinski definition) is 1. The smallest absolute Gasteiger partial charge is 0.0164 e. The van der Waals surface area contributed by atoms with Crippen LogP contribution in [0.2, 0.25) is 0 Å². The van der Waals surface area contributed by atoms with Gasteiger partial charge in [-0.25, -0.2) is 0 Å². The Bertz CT molecular complexity index is 260. The molecule has 2 fully saturated rings. The van der Waals surface area contributed by atoms with Crippen LogP contribution in [-0.2, 0) is 0 Å². The molecule has 0 aromatic carbocycles. The molecule has 3 atom stereocenters. The van der Waals surface area contributed by atoms with Crippen molar-refractivity contribution in [2.75, 3.05) is 13.1 Å². The summed E-state index contributed by atoms with van der Waals surface area (Å²) in [5.41, 5.74) is 0. The average molecular weight is 189 g/mol. The van der Waals surface area contributed by atoms with E-state index in [-0.39, 0.29) is 0 Å². The van der Waals surface area contributed by atoms with Crippen molar-refractivity contribution in [2.45, 2.75) is 31.7 Å². The van der Waals surface area contributed by atoms with Crippen LogP contribution < -0.4 is 0 Å². The van der Waals surface area contributed by atoms with Crippen molar-refractivity contribution in [1.29, 1.82) is 0 Å². The Kier molecular flexibility index (Phi) is 2.21. The molecule has 0 amide bonds. The summed E-state index contributed by atoms with van der Waals surface area (Å²) < 4.78 is 0. The molecule has 1 heteroatoms. The van der Waals surface area contributed by atoms with E-state index in [1.807, 2.05) is 0 Å². The molecule has 3 unspecified atom stereocenters. The molecule has 0 bridgehead atoms. The Balaban J connectivity index is 1.75. The molecule has 3 aliphatic rings. The van der Waals surface area contributed by atoms with E-state index in [0.717, 1.165) is 17.9 Å². The highest BCUT2D eigenvalue weighted by Crippen LogP contribution is 2.39. The average Bonchev–Trinajstić information content (AvgIpc) is 2.85. The maximum atomic E-state index is 2.73. The lowest BCUT2D eigenvalue weighted by Gasteiger charge is -2.29. The van der Waals surface area contributed by atoms with Crippen LogP contribution in [0.3, 0.4) is 0 Å². The van der Waals surface area contributed by atoms with Crippen molar-refractivity contribution in [3.63, 3.8) is 0 Å². The Morgan fingerprint density at radius 3 is 2.57 bits per heavy atom. The van der Waals surface area contributed by atoms with E-state index in [0.29, 0.717) is 0 Å². The standard InChI is InChI=1S/C13H19N/c1-2-6-12-11(5-1)7-8-13(12)14-9-3-4-10-14/h1-2,5-6,11-13H,3-4,7-10H2. The Hall–Kier alpha value is -0.560. The highest BCUT2D eigenvalue weighted by atomic mass is 15.2. The van der Waals surface area contributed by atoms with E-state index in [4.69, 9.17) is 0 Å². The van der Waals surface area contributed by atoms with Crippen LogP contribution in [0.25, 0.3) is 0 Å². The van der Waals surface area contributed by atoms with Crippen molar-refractivity contribution in [3.8, 4) is 0 Å². The molecule has 14 heavy (non-hydrogen) atoms. The molecule has 2 aliphatic carbocycles. The highest BCUT2D eigenvalue weighted by Gasteiger charge is 2.37. The van der Waals surface area contributed by atoms with Gasteiger partial charge in [-0.1, -0.05) is 24.3 Å². The van der Waals surface area contributed by atoms with Gasteiger partial charge in [0.25, 0.3) is 0 Å². The molecule has 1 saturated carbocycles. The van der Waals surface area contributed by atoms with Crippen LogP contribution in [-0.4, -0.2) is 24.0 Å². The first kappa shape index (κ1) is 8.72. The molecule has 1 heterocycles. The predicted octanol–water partition coefficient (Wildman–Crippen LogP) is 2.60. The van der Waals surface area contributed by atoms with E-state index in [9.17, 15) is 0 Å². The minimum Gasteiger partial charge on any atom is -0.300 e. The molecule has 0 aromatic heterocycles. The SMILES string of the molecule is C1=CC2CCC(N3CCCC3)C2C=C1. The zero-order valence-corrected chi connectivity index (χ0v) is 8.73. The predicted molar refractivity (Wildman–Crippen MR) is 59.1 cm³/mol. The van der Waals surface area contributed by atoms with Gasteiger partial charge in [0.05, 0.1) is 0 Å². The van der Waals surface area contributed by atoms with E-state index in [1.165, 1.54) is 38.8 Å². The first-order chi connectivity index (χ1) is 6.95. The second kappa shape index (κ2) is 3.54. The zero-order valence-electron chi connectivity index (χ0n) is 8.73. The fourth-order valence-electron chi connectivity index (χ4n) is 3.43. The van der Waals surface area contributed by atoms with E-state index < -0.39 is 0 Å². The van der Waals surface area contributed by atoms with Gasteiger partial charge in [0.15, 0.2) is 0 Å². The Morgan fingerprint density at radius 1 is 0.929 bits per heavy atom. The van der Waals surface area contributed by atoms with Gasteiger partial charge >= 0.3 is 0 Å². The first-order valence-corrected chi connectivity index (χ1v) is 6.04. The van der Waals surface area contributed by atoms with Crippen LogP contribution in [0, 0.1) is 11.8 Å². The number of hydrogen-bond donors (Lipinski definition) is 0. The molecule has 1 nitrogen and oxygen atoms in total. The van der Waals surface area contributed by atoms with Crippen LogP contribution >= 0.6 is 0 Å². The second-order valence-corrected chi connectivity index (χ2v) is 4.90. The summed E-state index contributed by atoms with van der Waals surface area (Å²) in [7, 11) is 0. The lowest BCUT2D eigenvalue weighted by Crippen LogP contribution is -2.36. The number of likely N-dealkylation sites (tertiary alicyclic amines) is 1. The van der Waals surface area contributed by atoms with Crippen LogP contribution in [0.5, 0.6) is 0 Å². The quantitative estimate of drug-likeness (QED) is 0.613. The van der Waals surface area contributed by atoms with Gasteiger partial charge in [0.2, 0.25) is 0 Å². The van der Waals surface area contributed by atoms with E-state index in [1.54, 1.807) is 0 Å². The largest absolute Gasteiger partial charge is 0.300 e. The van der Waals surface area contributed by atoms with E-state index in [2.05, 4.69) is 29.2 Å². The molecule has 0 N–H and O–H groups in total. The van der Waals surface area contributed by atoms with Crippen molar-refractivity contribution >= 4 is 0 Å². The monoisotopic (exact) mass is 189 g/mol. The number of allylic oxidation sites excluding steroid dienone is 3. The number of nitrogens with zero attached hydrogens (tertiary/aromatic N) is 1. The summed E-state index contributed by atoms with van der Waals surface area (Å²) in [6, 6.07) is 0.865. The molecule has 0 aromatic rings. The van der Waals surface area contributed by atoms with Crippen molar-refractivity contribution < 1.29 is 0 Å². The van der Waals surface area contributed by atoms with Crippen molar-refractivity contribution in [3.05, 3.63) is 24.3 Å². The van der Waals surface area contributed by atoms with Gasteiger partial charge in [0.1, 0.15) is 0 Å². The maximum absolute atomic E-state index is 2.73. The molecule has 1 saturated heterocycles. The Morgan fingerprint density at radius 2 is 1.71 bits per heavy atom. The van der Waals surface area contributed by atoms with Crippen molar-refractivity contribution in [2.24, 2.45) is 11.8 Å². The summed E-state index contributed by atoms with van der Waals surface area (Å²) in [6.45, 7) is 2.71. The molecule has 3 rings (SSSR count). The summed E-state index contributed by atoms with van der Waals surface area (Å²) in [6.07, 6.45) is 15.0. The topological polar surface area (TPSA) is 3.24 Å². The van der Waals surface area contributed by atoms with Gasteiger partial charge in [0, 0.05) is 6.04 Å². The normalized spacial score (nSPS) is 41.9. The minimum atomic E-state index is 0.832. The highest BCUT2D eigenvalue weighted by molar-refractivity contribution is 5.19. The van der Waals surface area contributed by atoms with Crippen molar-refractivity contribution in [1.82, 2.24) is 4.90 Å². The molecule has 0 spiro atoms.